The first-order valence-corrected chi connectivity index (χ1v) is 9.65. The molecule has 5 atom stereocenters. The van der Waals surface area contributed by atoms with E-state index in [1.165, 1.54) is 24.3 Å². The Morgan fingerprint density at radius 2 is 1.65 bits per heavy atom. The lowest BCUT2D eigenvalue weighted by Gasteiger charge is -2.40. The lowest BCUT2D eigenvalue weighted by molar-refractivity contribution is -0.232. The number of allylic oxidation sites excluding steroid dienone is 2. The summed E-state index contributed by atoms with van der Waals surface area (Å²) in [6, 6.07) is 7.51. The molecule has 4 rings (SSSR count). The molecule has 9 nitrogen and oxygen atoms in total. The quantitative estimate of drug-likeness (QED) is 0.358. The van der Waals surface area contributed by atoms with Crippen molar-refractivity contribution in [1.29, 1.82) is 0 Å². The van der Waals surface area contributed by atoms with Crippen LogP contribution in [0.25, 0.3) is 5.57 Å². The molecular weight excluding hydrogens is 408 g/mol. The van der Waals surface area contributed by atoms with Crippen LogP contribution in [0.15, 0.2) is 36.4 Å². The molecule has 0 unspecified atom stereocenters. The number of aliphatic hydroxyl groups is 4. The fourth-order valence-electron chi connectivity index (χ4n) is 4.11. The Kier molecular flexibility index (Phi) is 5.46. The third-order valence-corrected chi connectivity index (χ3v) is 5.75. The Hall–Kier alpha value is -2.95. The Morgan fingerprint density at radius 3 is 2.29 bits per heavy atom. The highest BCUT2D eigenvalue weighted by molar-refractivity contribution is 6.14. The maximum absolute atomic E-state index is 12.8. The molecule has 1 aliphatic carbocycles. The molecule has 0 bridgehead atoms. The Morgan fingerprint density at radius 1 is 0.968 bits per heavy atom. The zero-order valence-electron chi connectivity index (χ0n) is 16.2. The summed E-state index contributed by atoms with van der Waals surface area (Å²) in [4.78, 5) is 12.8. The zero-order chi connectivity index (χ0) is 22.4. The fraction of sp³-hybridized carbons (Fsp3) is 0.318. The summed E-state index contributed by atoms with van der Waals surface area (Å²) in [5.74, 6) is -1.54. The number of phenolic OH excluding ortho intramolecular Hbond substituents is 3. The average Bonchev–Trinajstić information content (AvgIpc) is 2.73. The van der Waals surface area contributed by atoms with Gasteiger partial charge in [-0.1, -0.05) is 12.1 Å². The van der Waals surface area contributed by atoms with Gasteiger partial charge in [0.15, 0.2) is 5.78 Å². The van der Waals surface area contributed by atoms with E-state index in [4.69, 9.17) is 4.74 Å². The summed E-state index contributed by atoms with van der Waals surface area (Å²) >= 11 is 0. The molecule has 0 amide bonds. The summed E-state index contributed by atoms with van der Waals surface area (Å²) in [6.07, 6.45) is -6.22. The van der Waals surface area contributed by atoms with Gasteiger partial charge in [0.2, 0.25) is 0 Å². The van der Waals surface area contributed by atoms with Gasteiger partial charge in [0.05, 0.1) is 17.7 Å². The van der Waals surface area contributed by atoms with E-state index in [1.807, 2.05) is 0 Å². The first-order valence-electron chi connectivity index (χ1n) is 9.65. The molecule has 7 N–H and O–H groups in total. The van der Waals surface area contributed by atoms with Crippen LogP contribution in [0.4, 0.5) is 0 Å². The number of benzene rings is 2. The average molecular weight is 430 g/mol. The minimum atomic E-state index is -1.73. The van der Waals surface area contributed by atoms with E-state index in [-0.39, 0.29) is 23.3 Å². The third kappa shape index (κ3) is 3.56. The number of ether oxygens (including phenoxy) is 1. The van der Waals surface area contributed by atoms with Crippen LogP contribution in [-0.4, -0.2) is 72.6 Å². The zero-order valence-corrected chi connectivity index (χ0v) is 16.2. The molecule has 1 saturated heterocycles. The molecule has 1 aliphatic heterocycles. The number of rotatable bonds is 3. The van der Waals surface area contributed by atoms with Gasteiger partial charge < -0.3 is 40.5 Å². The van der Waals surface area contributed by atoms with Gasteiger partial charge in [-0.05, 0) is 47.4 Å². The lowest BCUT2D eigenvalue weighted by atomic mass is 9.83. The molecule has 0 spiro atoms. The van der Waals surface area contributed by atoms with Crippen LogP contribution in [0.5, 0.6) is 17.2 Å². The first kappa shape index (κ1) is 21.3. The van der Waals surface area contributed by atoms with Gasteiger partial charge in [-0.2, -0.15) is 0 Å². The van der Waals surface area contributed by atoms with Gasteiger partial charge >= 0.3 is 0 Å². The van der Waals surface area contributed by atoms with Crippen LogP contribution < -0.4 is 0 Å². The molecule has 0 aromatic heterocycles. The van der Waals surface area contributed by atoms with Gasteiger partial charge in [0, 0.05) is 0 Å². The van der Waals surface area contributed by atoms with E-state index in [0.29, 0.717) is 16.7 Å². The van der Waals surface area contributed by atoms with E-state index < -0.39 is 54.4 Å². The summed E-state index contributed by atoms with van der Waals surface area (Å²) in [5.41, 5.74) is 1.27. The topological polar surface area (TPSA) is 168 Å². The lowest BCUT2D eigenvalue weighted by Crippen LogP contribution is -2.55. The van der Waals surface area contributed by atoms with Crippen molar-refractivity contribution < 1.29 is 45.3 Å². The molecule has 1 fully saturated rings. The SMILES string of the molecule is O=C1C=C(c2ccc(O)cc2)Cc2cc(O)c([C@@H]3O[C@H](CO)[C@@H](O)[C@H](O)[C@H]3O)c(O)c21. The predicted octanol–water partition coefficient (Wildman–Crippen LogP) is 0.141. The Labute approximate surface area is 176 Å². The normalized spacial score (nSPS) is 28.2. The van der Waals surface area contributed by atoms with Crippen molar-refractivity contribution in [2.24, 2.45) is 0 Å². The number of hydrogen-bond acceptors (Lipinski definition) is 9. The number of ketones is 1. The van der Waals surface area contributed by atoms with Gasteiger partial charge in [-0.3, -0.25) is 4.79 Å². The number of carbonyl (C=O) groups is 1. The highest BCUT2D eigenvalue weighted by Gasteiger charge is 2.46. The molecular formula is C22H22O9. The van der Waals surface area contributed by atoms with Crippen LogP contribution in [0.3, 0.4) is 0 Å². The fourth-order valence-corrected chi connectivity index (χ4v) is 4.11. The van der Waals surface area contributed by atoms with Crippen molar-refractivity contribution in [2.75, 3.05) is 6.61 Å². The van der Waals surface area contributed by atoms with E-state index in [1.54, 1.807) is 12.1 Å². The minimum Gasteiger partial charge on any atom is -0.508 e. The second-order valence-electron chi connectivity index (χ2n) is 7.70. The van der Waals surface area contributed by atoms with Gasteiger partial charge in [0.25, 0.3) is 0 Å². The standard InChI is InChI=1S/C22H22O9/c23-8-15-18(27)20(29)21(30)22(31-15)17-14(26)7-11-5-10(6-13(25)16(11)19(17)28)9-1-3-12(24)4-2-9/h1-4,6-7,15,18,20-24,26-30H,5,8H2/t15-,18-,20+,21-,22+/m1/s1. The molecule has 0 saturated carbocycles. The molecule has 0 radical (unpaired) electrons. The number of fused-ring (bicyclic) bond motifs is 1. The van der Waals surface area contributed by atoms with Crippen LogP contribution in [0.1, 0.15) is 33.2 Å². The smallest absolute Gasteiger partial charge is 0.190 e. The number of carbonyl (C=O) groups excluding carboxylic acids is 1. The summed E-state index contributed by atoms with van der Waals surface area (Å²) < 4.78 is 5.43. The number of phenols is 3. The molecule has 2 aliphatic rings. The van der Waals surface area contributed by atoms with Crippen LogP contribution in [0.2, 0.25) is 0 Å². The third-order valence-electron chi connectivity index (χ3n) is 5.75. The number of aromatic hydroxyl groups is 3. The minimum absolute atomic E-state index is 0.0753. The maximum atomic E-state index is 12.8. The van der Waals surface area contributed by atoms with Crippen molar-refractivity contribution in [3.8, 4) is 17.2 Å². The van der Waals surface area contributed by atoms with Crippen molar-refractivity contribution in [3.05, 3.63) is 58.7 Å². The summed E-state index contributed by atoms with van der Waals surface area (Å²) in [6.45, 7) is -0.675. The Bertz CT molecular complexity index is 1040. The molecule has 2 aromatic rings. The summed E-state index contributed by atoms with van der Waals surface area (Å²) in [5, 5.41) is 70.6. The van der Waals surface area contributed by atoms with Gasteiger partial charge in [0.1, 0.15) is 47.8 Å². The summed E-state index contributed by atoms with van der Waals surface area (Å²) in [7, 11) is 0. The second-order valence-corrected chi connectivity index (χ2v) is 7.70. The van der Waals surface area contributed by atoms with Crippen molar-refractivity contribution in [3.63, 3.8) is 0 Å². The van der Waals surface area contributed by atoms with E-state index in [0.717, 1.165) is 0 Å². The predicted molar refractivity (Wildman–Crippen MR) is 107 cm³/mol. The van der Waals surface area contributed by atoms with Crippen LogP contribution in [0, 0.1) is 0 Å². The Balaban J connectivity index is 1.74. The van der Waals surface area contributed by atoms with Crippen LogP contribution >= 0.6 is 0 Å². The van der Waals surface area contributed by atoms with E-state index >= 15 is 0 Å². The molecule has 2 aromatic carbocycles. The number of hydrogen-bond donors (Lipinski definition) is 7. The second kappa shape index (κ2) is 7.95. The first-order chi connectivity index (χ1) is 14.7. The van der Waals surface area contributed by atoms with Crippen molar-refractivity contribution >= 4 is 11.4 Å². The van der Waals surface area contributed by atoms with Crippen molar-refractivity contribution in [2.45, 2.75) is 36.9 Å². The molecule has 9 heteroatoms. The molecule has 164 valence electrons. The maximum Gasteiger partial charge on any atom is 0.190 e. The van der Waals surface area contributed by atoms with Gasteiger partial charge in [-0.25, -0.2) is 0 Å². The van der Waals surface area contributed by atoms with Crippen LogP contribution in [-0.2, 0) is 11.2 Å². The van der Waals surface area contributed by atoms with E-state index in [9.17, 15) is 40.5 Å². The van der Waals surface area contributed by atoms with E-state index in [2.05, 4.69) is 0 Å². The van der Waals surface area contributed by atoms with Gasteiger partial charge in [-0.15, -0.1) is 0 Å². The highest BCUT2D eigenvalue weighted by Crippen LogP contribution is 2.46. The van der Waals surface area contributed by atoms with Crippen molar-refractivity contribution in [1.82, 2.24) is 0 Å². The highest BCUT2D eigenvalue weighted by atomic mass is 16.5. The largest absolute Gasteiger partial charge is 0.508 e. The molecule has 31 heavy (non-hydrogen) atoms. The monoisotopic (exact) mass is 430 g/mol. The number of aliphatic hydroxyl groups excluding tert-OH is 4. The molecule has 1 heterocycles.